The molecule has 1 amide bonds. The van der Waals surface area contributed by atoms with Crippen LogP contribution in [0.3, 0.4) is 0 Å². The molecular formula is C20H32N4O3S. The lowest BCUT2D eigenvalue weighted by atomic mass is 9.95. The minimum atomic E-state index is -0.723. The van der Waals surface area contributed by atoms with Gasteiger partial charge in [-0.1, -0.05) is 30.3 Å². The molecule has 0 aliphatic carbocycles. The van der Waals surface area contributed by atoms with Crippen molar-refractivity contribution in [2.75, 3.05) is 44.9 Å². The molecule has 2 aliphatic rings. The molecule has 3 rings (SSSR count). The highest BCUT2D eigenvalue weighted by Crippen LogP contribution is 2.22. The van der Waals surface area contributed by atoms with Crippen molar-refractivity contribution in [2.24, 2.45) is 11.8 Å². The third-order valence-electron chi connectivity index (χ3n) is 5.70. The van der Waals surface area contributed by atoms with Crippen LogP contribution in [0.4, 0.5) is 0 Å². The number of thioether (sulfide) groups is 1. The first kappa shape index (κ1) is 21.5. The van der Waals surface area contributed by atoms with Gasteiger partial charge in [0.05, 0.1) is 19.4 Å². The number of aliphatic hydroxyl groups excluding tert-OH is 2. The molecule has 5 N–H and O–H groups in total. The summed E-state index contributed by atoms with van der Waals surface area (Å²) in [6.07, 6.45) is 1.30. The third-order valence-corrected chi connectivity index (χ3v) is 6.46. The van der Waals surface area contributed by atoms with Gasteiger partial charge in [0.25, 0.3) is 0 Å². The second-order valence-electron chi connectivity index (χ2n) is 7.74. The fourth-order valence-electron chi connectivity index (χ4n) is 4.25. The van der Waals surface area contributed by atoms with E-state index in [1.165, 1.54) is 5.56 Å². The predicted octanol–water partition coefficient (Wildman–Crippen LogP) is -0.545. The second kappa shape index (κ2) is 10.6. The number of nitrogens with one attached hydrogen (secondary N) is 3. The highest BCUT2D eigenvalue weighted by Gasteiger charge is 2.42. The van der Waals surface area contributed by atoms with E-state index in [9.17, 15) is 15.0 Å². The Bertz CT molecular complexity index is 621. The molecule has 0 saturated carbocycles. The summed E-state index contributed by atoms with van der Waals surface area (Å²) >= 11 is 1.69. The average Bonchev–Trinajstić information content (AvgIpc) is 3.12. The van der Waals surface area contributed by atoms with Crippen molar-refractivity contribution in [3.8, 4) is 0 Å². The van der Waals surface area contributed by atoms with Gasteiger partial charge in [-0.15, -0.1) is 0 Å². The van der Waals surface area contributed by atoms with Crippen molar-refractivity contribution in [3.63, 3.8) is 0 Å². The summed E-state index contributed by atoms with van der Waals surface area (Å²) in [7, 11) is 0. The molecule has 0 aromatic heterocycles. The highest BCUT2D eigenvalue weighted by molar-refractivity contribution is 7.98. The number of aliphatic hydroxyl groups is 2. The Kier molecular flexibility index (Phi) is 8.13. The van der Waals surface area contributed by atoms with Crippen LogP contribution in [0.2, 0.25) is 0 Å². The summed E-state index contributed by atoms with van der Waals surface area (Å²) in [4.78, 5) is 14.5. The molecule has 0 bridgehead atoms. The summed E-state index contributed by atoms with van der Waals surface area (Å²) in [5.41, 5.74) is 1.22. The first-order valence-electron chi connectivity index (χ1n) is 9.91. The summed E-state index contributed by atoms with van der Waals surface area (Å²) in [5.74, 6) is 1.16. The van der Waals surface area contributed by atoms with E-state index in [0.717, 1.165) is 25.4 Å². The Hall–Kier alpha value is -1.16. The van der Waals surface area contributed by atoms with Crippen molar-refractivity contribution < 1.29 is 15.0 Å². The van der Waals surface area contributed by atoms with E-state index >= 15 is 0 Å². The van der Waals surface area contributed by atoms with Gasteiger partial charge in [-0.3, -0.25) is 15.0 Å². The van der Waals surface area contributed by atoms with E-state index in [1.807, 2.05) is 24.5 Å². The van der Waals surface area contributed by atoms with Gasteiger partial charge in [0.15, 0.2) is 0 Å². The Morgan fingerprint density at radius 3 is 2.79 bits per heavy atom. The lowest BCUT2D eigenvalue weighted by molar-refractivity contribution is -0.125. The molecule has 7 nitrogen and oxygen atoms in total. The first-order valence-corrected chi connectivity index (χ1v) is 11.3. The van der Waals surface area contributed by atoms with Crippen LogP contribution in [0.25, 0.3) is 0 Å². The van der Waals surface area contributed by atoms with Gasteiger partial charge in [0.1, 0.15) is 6.04 Å². The van der Waals surface area contributed by atoms with Gasteiger partial charge in [-0.2, -0.15) is 11.8 Å². The van der Waals surface area contributed by atoms with Crippen molar-refractivity contribution in [1.29, 1.82) is 0 Å². The van der Waals surface area contributed by atoms with Crippen LogP contribution in [0.15, 0.2) is 30.3 Å². The van der Waals surface area contributed by atoms with E-state index in [4.69, 9.17) is 0 Å². The Balaban J connectivity index is 1.71. The van der Waals surface area contributed by atoms with E-state index < -0.39 is 6.10 Å². The number of benzene rings is 1. The summed E-state index contributed by atoms with van der Waals surface area (Å²) in [6.45, 7) is 3.39. The van der Waals surface area contributed by atoms with Crippen LogP contribution in [0.5, 0.6) is 0 Å². The van der Waals surface area contributed by atoms with E-state index in [1.54, 1.807) is 11.8 Å². The van der Waals surface area contributed by atoms with Gasteiger partial charge in [0.2, 0.25) is 5.91 Å². The molecule has 1 aromatic carbocycles. The molecule has 156 valence electrons. The topological polar surface area (TPSA) is 96.9 Å². The van der Waals surface area contributed by atoms with E-state index in [-0.39, 0.29) is 30.5 Å². The number of fused-ring (bicyclic) bond motifs is 1. The van der Waals surface area contributed by atoms with E-state index in [2.05, 4.69) is 33.0 Å². The first-order chi connectivity index (χ1) is 13.6. The van der Waals surface area contributed by atoms with Crippen LogP contribution >= 0.6 is 11.8 Å². The largest absolute Gasteiger partial charge is 0.394 e. The van der Waals surface area contributed by atoms with Gasteiger partial charge in [-0.25, -0.2) is 0 Å². The van der Waals surface area contributed by atoms with Gasteiger partial charge in [-0.05, 0) is 17.6 Å². The van der Waals surface area contributed by atoms with Crippen LogP contribution in [-0.4, -0.2) is 84.1 Å². The lowest BCUT2D eigenvalue weighted by Crippen LogP contribution is -2.61. The number of carbonyl (C=O) groups is 1. The number of hydrogen-bond acceptors (Lipinski definition) is 7. The number of hydrogen-bond donors (Lipinski definition) is 5. The molecular weight excluding hydrogens is 376 g/mol. The number of rotatable bonds is 10. The van der Waals surface area contributed by atoms with Gasteiger partial charge >= 0.3 is 0 Å². The lowest BCUT2D eigenvalue weighted by Gasteiger charge is -2.34. The fourth-order valence-corrected chi connectivity index (χ4v) is 5.00. The van der Waals surface area contributed by atoms with Crippen LogP contribution in [0, 0.1) is 11.8 Å². The van der Waals surface area contributed by atoms with Gasteiger partial charge in [0, 0.05) is 44.1 Å². The summed E-state index contributed by atoms with van der Waals surface area (Å²) < 4.78 is 0. The standard InChI is InChI=1S/C20H32N4O3S/c1-28-12-16(17(26)11-25)10-24(8-14-5-3-2-4-6-14)9-15-7-21-19-18(15)22-13-23-20(19)27/h2-6,15-19,21-22,25-26H,7-13H2,1H3,(H,23,27)/t15?,16?,17-,18?,19?/m1/s1. The molecule has 0 radical (unpaired) electrons. The fraction of sp³-hybridized carbons (Fsp3) is 0.650. The molecule has 2 fully saturated rings. The summed E-state index contributed by atoms with van der Waals surface area (Å²) in [6, 6.07) is 10.2. The molecule has 0 spiro atoms. The molecule has 2 saturated heterocycles. The smallest absolute Gasteiger partial charge is 0.239 e. The van der Waals surface area contributed by atoms with Crippen molar-refractivity contribution >= 4 is 17.7 Å². The van der Waals surface area contributed by atoms with E-state index in [0.29, 0.717) is 19.1 Å². The van der Waals surface area contributed by atoms with Crippen LogP contribution in [0.1, 0.15) is 5.56 Å². The number of nitrogens with zero attached hydrogens (tertiary/aromatic N) is 1. The predicted molar refractivity (Wildman–Crippen MR) is 112 cm³/mol. The SMILES string of the molecule is CSCC(CN(Cc1ccccc1)CC1CNC2C(=O)NCNC12)[C@H](O)CO. The monoisotopic (exact) mass is 408 g/mol. The van der Waals surface area contributed by atoms with Crippen molar-refractivity contribution in [2.45, 2.75) is 24.7 Å². The Labute approximate surface area is 171 Å². The average molecular weight is 409 g/mol. The maximum atomic E-state index is 12.1. The zero-order valence-electron chi connectivity index (χ0n) is 16.4. The minimum Gasteiger partial charge on any atom is -0.394 e. The summed E-state index contributed by atoms with van der Waals surface area (Å²) in [5, 5.41) is 29.4. The molecule has 28 heavy (non-hydrogen) atoms. The maximum Gasteiger partial charge on any atom is 0.239 e. The van der Waals surface area contributed by atoms with Crippen LogP contribution < -0.4 is 16.0 Å². The number of amides is 1. The quantitative estimate of drug-likeness (QED) is 0.355. The maximum absolute atomic E-state index is 12.1. The normalized spacial score (nSPS) is 26.7. The molecule has 2 aliphatic heterocycles. The highest BCUT2D eigenvalue weighted by atomic mass is 32.2. The zero-order valence-corrected chi connectivity index (χ0v) is 17.2. The molecule has 1 aromatic rings. The molecule has 4 unspecified atom stereocenters. The van der Waals surface area contributed by atoms with Crippen LogP contribution in [-0.2, 0) is 11.3 Å². The molecule has 2 heterocycles. The van der Waals surface area contributed by atoms with Crippen molar-refractivity contribution in [3.05, 3.63) is 35.9 Å². The molecule has 5 atom stereocenters. The number of carbonyl (C=O) groups excluding carboxylic acids is 1. The van der Waals surface area contributed by atoms with Gasteiger partial charge < -0.3 is 20.8 Å². The second-order valence-corrected chi connectivity index (χ2v) is 8.65. The Morgan fingerprint density at radius 1 is 1.29 bits per heavy atom. The van der Waals surface area contributed by atoms with Crippen molar-refractivity contribution in [1.82, 2.24) is 20.9 Å². The Morgan fingerprint density at radius 2 is 2.07 bits per heavy atom. The minimum absolute atomic E-state index is 0.00325. The third kappa shape index (κ3) is 5.46. The molecule has 8 heteroatoms. The zero-order chi connectivity index (χ0) is 19.9.